The average Bonchev–Trinajstić information content (AvgIpc) is 3.65. The van der Waals surface area contributed by atoms with Crippen molar-refractivity contribution in [3.05, 3.63) is 218 Å². The fraction of sp³-hybridized carbons (Fsp3) is 0. The summed E-state index contributed by atoms with van der Waals surface area (Å²) in [7, 11) is 0. The maximum absolute atomic E-state index is 5.10. The van der Waals surface area contributed by atoms with Gasteiger partial charge in [-0.05, 0) is 68.9 Å². The zero-order valence-corrected chi connectivity index (χ0v) is 32.1. The van der Waals surface area contributed by atoms with Crippen LogP contribution >= 0.6 is 0 Å². The molecule has 0 radical (unpaired) electrons. The number of hydrogen-bond donors (Lipinski definition) is 0. The van der Waals surface area contributed by atoms with E-state index < -0.39 is 0 Å². The zero-order chi connectivity index (χ0) is 39.1. The van der Waals surface area contributed by atoms with Crippen molar-refractivity contribution in [3.8, 4) is 73.2 Å². The van der Waals surface area contributed by atoms with Crippen molar-refractivity contribution < 1.29 is 0 Å². The molecule has 59 heavy (non-hydrogen) atoms. The van der Waals surface area contributed by atoms with Crippen molar-refractivity contribution in [2.75, 3.05) is 0 Å². The lowest BCUT2D eigenvalue weighted by Crippen LogP contribution is -2.00. The molecule has 2 heterocycles. The highest BCUT2D eigenvalue weighted by molar-refractivity contribution is 6.11. The molecule has 9 aromatic carbocycles. The summed E-state index contributed by atoms with van der Waals surface area (Å²) in [5.74, 6) is 1.90. The lowest BCUT2D eigenvalue weighted by Gasteiger charge is -2.15. The van der Waals surface area contributed by atoms with Gasteiger partial charge in [-0.25, -0.2) is 15.0 Å². The number of aromatic nitrogens is 4. The van der Waals surface area contributed by atoms with Crippen LogP contribution < -0.4 is 0 Å². The highest BCUT2D eigenvalue weighted by atomic mass is 15.0. The molecule has 0 unspecified atom stereocenters. The second kappa shape index (κ2) is 14.5. The Morgan fingerprint density at radius 2 is 0.746 bits per heavy atom. The quantitative estimate of drug-likeness (QED) is 0.163. The SMILES string of the molecule is c1ccc(-c2ccc(-c3nc(-c4ccc(-c5ccccc5-n5c6ccccc6c6cc(-c7ccccc7)ccc65)cc4)nc(-c4ccc5ccccc5c4)n3)cc2)cc1. The Hall–Kier alpha value is -7.95. The van der Waals surface area contributed by atoms with Crippen LogP contribution in [0.25, 0.3) is 106 Å². The predicted molar refractivity (Wildman–Crippen MR) is 244 cm³/mol. The molecule has 0 saturated carbocycles. The molecule has 0 aliphatic heterocycles. The van der Waals surface area contributed by atoms with Crippen molar-refractivity contribution in [3.63, 3.8) is 0 Å². The lowest BCUT2D eigenvalue weighted by atomic mass is 10.0. The maximum Gasteiger partial charge on any atom is 0.164 e. The van der Waals surface area contributed by atoms with Crippen LogP contribution in [0.4, 0.5) is 0 Å². The van der Waals surface area contributed by atoms with Crippen molar-refractivity contribution in [2.45, 2.75) is 0 Å². The molecule has 11 aromatic rings. The van der Waals surface area contributed by atoms with E-state index in [1.165, 1.54) is 43.9 Å². The summed E-state index contributed by atoms with van der Waals surface area (Å²) in [4.78, 5) is 15.3. The van der Waals surface area contributed by atoms with Crippen LogP contribution in [0.15, 0.2) is 218 Å². The highest BCUT2D eigenvalue weighted by Gasteiger charge is 2.18. The van der Waals surface area contributed by atoms with Crippen LogP contribution in [-0.2, 0) is 0 Å². The Morgan fingerprint density at radius 3 is 1.46 bits per heavy atom. The number of benzene rings is 9. The van der Waals surface area contributed by atoms with E-state index in [2.05, 4.69) is 217 Å². The number of rotatable bonds is 7. The molecule has 0 N–H and O–H groups in total. The van der Waals surface area contributed by atoms with Gasteiger partial charge in [-0.2, -0.15) is 0 Å². The number of fused-ring (bicyclic) bond motifs is 4. The fourth-order valence-corrected chi connectivity index (χ4v) is 8.29. The average molecular weight is 753 g/mol. The van der Waals surface area contributed by atoms with Crippen LogP contribution in [0.2, 0.25) is 0 Å². The molecular formula is C55H36N4. The molecule has 276 valence electrons. The Morgan fingerprint density at radius 1 is 0.271 bits per heavy atom. The number of nitrogens with zero attached hydrogens (tertiary/aromatic N) is 4. The van der Waals surface area contributed by atoms with E-state index in [0.717, 1.165) is 44.5 Å². The first-order chi connectivity index (χ1) is 29.2. The molecule has 4 nitrogen and oxygen atoms in total. The summed E-state index contributed by atoms with van der Waals surface area (Å²) < 4.78 is 2.40. The van der Waals surface area contributed by atoms with Crippen molar-refractivity contribution in [1.29, 1.82) is 0 Å². The van der Waals surface area contributed by atoms with Crippen LogP contribution in [-0.4, -0.2) is 19.5 Å². The van der Waals surface area contributed by atoms with Gasteiger partial charge in [-0.15, -0.1) is 0 Å². The summed E-state index contributed by atoms with van der Waals surface area (Å²) in [5, 5.41) is 4.78. The van der Waals surface area contributed by atoms with E-state index in [4.69, 9.17) is 15.0 Å². The van der Waals surface area contributed by atoms with Crippen LogP contribution in [0.5, 0.6) is 0 Å². The standard InChI is InChI=1S/C55H36N4/c1-3-13-37(14-4-1)40-23-28-42(29-24-40)53-56-54(58-55(57-53)46-32-25-39-17-7-8-18-44(39)35-46)43-30-26-41(27-31-43)47-19-9-11-21-50(47)59-51-22-12-10-20-48(51)49-36-45(33-34-52(49)59)38-15-5-2-6-16-38/h1-36H. The van der Waals surface area contributed by atoms with Crippen molar-refractivity contribution in [2.24, 2.45) is 0 Å². The summed E-state index contributed by atoms with van der Waals surface area (Å²) in [6, 6.07) is 77.1. The van der Waals surface area contributed by atoms with E-state index in [1.807, 2.05) is 6.07 Å². The number of hydrogen-bond acceptors (Lipinski definition) is 3. The third-order valence-electron chi connectivity index (χ3n) is 11.3. The molecule has 0 aliphatic rings. The first kappa shape index (κ1) is 34.3. The zero-order valence-electron chi connectivity index (χ0n) is 32.1. The molecule has 0 spiro atoms. The molecule has 2 aromatic heterocycles. The van der Waals surface area contributed by atoms with Gasteiger partial charge in [0.2, 0.25) is 0 Å². The van der Waals surface area contributed by atoms with Crippen LogP contribution in [0, 0.1) is 0 Å². The van der Waals surface area contributed by atoms with E-state index in [1.54, 1.807) is 0 Å². The highest BCUT2D eigenvalue weighted by Crippen LogP contribution is 2.38. The van der Waals surface area contributed by atoms with Gasteiger partial charge in [-0.3, -0.25) is 0 Å². The van der Waals surface area contributed by atoms with Crippen molar-refractivity contribution >= 4 is 32.6 Å². The predicted octanol–water partition coefficient (Wildman–Crippen LogP) is 14.1. The summed E-state index contributed by atoms with van der Waals surface area (Å²) in [5.41, 5.74) is 13.3. The van der Waals surface area contributed by atoms with Crippen LogP contribution in [0.3, 0.4) is 0 Å². The molecular weight excluding hydrogens is 717 g/mol. The lowest BCUT2D eigenvalue weighted by molar-refractivity contribution is 1.07. The van der Waals surface area contributed by atoms with Gasteiger partial charge in [0.15, 0.2) is 17.5 Å². The fourth-order valence-electron chi connectivity index (χ4n) is 8.29. The minimum atomic E-state index is 0.627. The smallest absolute Gasteiger partial charge is 0.164 e. The molecule has 0 bridgehead atoms. The summed E-state index contributed by atoms with van der Waals surface area (Å²) >= 11 is 0. The molecule has 0 fully saturated rings. The first-order valence-electron chi connectivity index (χ1n) is 19.9. The van der Waals surface area contributed by atoms with E-state index >= 15 is 0 Å². The summed E-state index contributed by atoms with van der Waals surface area (Å²) in [6.45, 7) is 0. The normalized spacial score (nSPS) is 11.4. The maximum atomic E-state index is 5.10. The largest absolute Gasteiger partial charge is 0.309 e. The third-order valence-corrected chi connectivity index (χ3v) is 11.3. The third kappa shape index (κ3) is 6.34. The van der Waals surface area contributed by atoms with Gasteiger partial charge < -0.3 is 4.57 Å². The Kier molecular flexibility index (Phi) is 8.45. The molecule has 0 aliphatic carbocycles. The molecule has 11 rings (SSSR count). The second-order valence-corrected chi connectivity index (χ2v) is 14.9. The van der Waals surface area contributed by atoms with Crippen LogP contribution in [0.1, 0.15) is 0 Å². The van der Waals surface area contributed by atoms with E-state index in [9.17, 15) is 0 Å². The van der Waals surface area contributed by atoms with E-state index in [-0.39, 0.29) is 0 Å². The minimum Gasteiger partial charge on any atom is -0.309 e. The molecule has 0 atom stereocenters. The van der Waals surface area contributed by atoms with Gasteiger partial charge in [0.25, 0.3) is 0 Å². The van der Waals surface area contributed by atoms with Gasteiger partial charge in [0, 0.05) is 33.0 Å². The second-order valence-electron chi connectivity index (χ2n) is 14.9. The monoisotopic (exact) mass is 752 g/mol. The molecule has 0 amide bonds. The molecule has 4 heteroatoms. The van der Waals surface area contributed by atoms with Gasteiger partial charge in [-0.1, -0.05) is 188 Å². The van der Waals surface area contributed by atoms with Gasteiger partial charge >= 0.3 is 0 Å². The van der Waals surface area contributed by atoms with Crippen molar-refractivity contribution in [1.82, 2.24) is 19.5 Å². The Balaban J connectivity index is 1.00. The topological polar surface area (TPSA) is 43.6 Å². The van der Waals surface area contributed by atoms with Gasteiger partial charge in [0.05, 0.1) is 16.7 Å². The van der Waals surface area contributed by atoms with E-state index in [0.29, 0.717) is 17.5 Å². The minimum absolute atomic E-state index is 0.627. The Bertz CT molecular complexity index is 3300. The first-order valence-corrected chi connectivity index (χ1v) is 19.9. The Labute approximate surface area is 342 Å². The summed E-state index contributed by atoms with van der Waals surface area (Å²) in [6.07, 6.45) is 0. The number of para-hydroxylation sites is 2. The van der Waals surface area contributed by atoms with Gasteiger partial charge in [0.1, 0.15) is 0 Å². The molecule has 0 saturated heterocycles.